The molecule has 0 radical (unpaired) electrons. The van der Waals surface area contributed by atoms with Crippen molar-refractivity contribution < 1.29 is 27.8 Å². The third-order valence-corrected chi connectivity index (χ3v) is 6.34. The molecular weight excluding hydrogens is 465 g/mol. The maximum atomic E-state index is 15.4. The number of fused-ring (bicyclic) bond motifs is 2. The normalized spacial score (nSPS) is 14.3. The van der Waals surface area contributed by atoms with Crippen molar-refractivity contribution in [3.05, 3.63) is 59.7 Å². The van der Waals surface area contributed by atoms with Gasteiger partial charge in [-0.25, -0.2) is 0 Å². The van der Waals surface area contributed by atoms with Crippen molar-refractivity contribution in [2.75, 3.05) is 46.5 Å². The first-order valence-corrected chi connectivity index (χ1v) is 12.0. The van der Waals surface area contributed by atoms with Crippen LogP contribution in [0.2, 0.25) is 0 Å². The molecule has 5 rings (SSSR count). The van der Waals surface area contributed by atoms with E-state index < -0.39 is 5.82 Å². The minimum Gasteiger partial charge on any atom is -0.497 e. The van der Waals surface area contributed by atoms with Crippen molar-refractivity contribution >= 4 is 27.8 Å². The minimum absolute atomic E-state index is 0.00274. The fraction of sp³-hybridized carbons (Fsp3) is 0.333. The lowest BCUT2D eigenvalue weighted by molar-refractivity contribution is 0.0374. The highest BCUT2D eigenvalue weighted by Crippen LogP contribution is 2.36. The lowest BCUT2D eigenvalue weighted by Gasteiger charge is -2.26. The van der Waals surface area contributed by atoms with Gasteiger partial charge in [0.15, 0.2) is 11.3 Å². The number of rotatable bonds is 8. The number of hydrogen-bond donors (Lipinski definition) is 1. The number of furan rings is 1. The monoisotopic (exact) mass is 493 g/mol. The van der Waals surface area contributed by atoms with Gasteiger partial charge in [0, 0.05) is 42.7 Å². The second-order valence-corrected chi connectivity index (χ2v) is 8.65. The van der Waals surface area contributed by atoms with Crippen LogP contribution in [0.25, 0.3) is 21.9 Å². The molecule has 3 heterocycles. The van der Waals surface area contributed by atoms with Crippen LogP contribution in [0.1, 0.15) is 22.5 Å². The molecule has 0 bridgehead atoms. The van der Waals surface area contributed by atoms with Crippen LogP contribution in [-0.2, 0) is 4.74 Å². The van der Waals surface area contributed by atoms with Crippen LogP contribution in [0.5, 0.6) is 17.2 Å². The number of morpholine rings is 1. The second-order valence-electron chi connectivity index (χ2n) is 8.65. The van der Waals surface area contributed by atoms with Gasteiger partial charge >= 0.3 is 0 Å². The first kappa shape index (κ1) is 24.0. The Kier molecular flexibility index (Phi) is 7.02. The van der Waals surface area contributed by atoms with Crippen molar-refractivity contribution in [3.8, 4) is 17.2 Å². The Balaban J connectivity index is 1.33. The fourth-order valence-electron chi connectivity index (χ4n) is 4.44. The van der Waals surface area contributed by atoms with Gasteiger partial charge in [0.1, 0.15) is 17.3 Å². The maximum absolute atomic E-state index is 15.4. The molecular formula is C27H28FN3O5. The van der Waals surface area contributed by atoms with Crippen molar-refractivity contribution in [1.29, 1.82) is 0 Å². The van der Waals surface area contributed by atoms with Crippen molar-refractivity contribution in [3.63, 3.8) is 0 Å². The van der Waals surface area contributed by atoms with Crippen LogP contribution in [0.4, 0.5) is 4.39 Å². The predicted molar refractivity (Wildman–Crippen MR) is 133 cm³/mol. The highest BCUT2D eigenvalue weighted by Gasteiger charge is 2.23. The van der Waals surface area contributed by atoms with E-state index in [1.807, 2.05) is 6.07 Å². The molecule has 0 spiro atoms. The van der Waals surface area contributed by atoms with E-state index in [0.717, 1.165) is 39.3 Å². The lowest BCUT2D eigenvalue weighted by Crippen LogP contribution is -2.38. The second kappa shape index (κ2) is 10.5. The Morgan fingerprint density at radius 3 is 2.75 bits per heavy atom. The number of methoxy groups -OCH3 is 1. The molecule has 0 saturated carbocycles. The SMILES string of the molecule is COc1ccc2c(Oc3ccc4c(C(=O)NCCCN5CCOCC5)c(C)oc4c3F)ccnc2c1. The average Bonchev–Trinajstić information content (AvgIpc) is 3.25. The maximum Gasteiger partial charge on any atom is 0.255 e. The van der Waals surface area contributed by atoms with E-state index in [9.17, 15) is 4.79 Å². The Hall–Kier alpha value is -3.69. The molecule has 1 aliphatic rings. The Morgan fingerprint density at radius 2 is 1.94 bits per heavy atom. The summed E-state index contributed by atoms with van der Waals surface area (Å²) in [6.07, 6.45) is 2.41. The number of halogens is 1. The molecule has 188 valence electrons. The minimum atomic E-state index is -0.666. The zero-order valence-corrected chi connectivity index (χ0v) is 20.3. The van der Waals surface area contributed by atoms with E-state index >= 15 is 4.39 Å². The van der Waals surface area contributed by atoms with Gasteiger partial charge in [0.2, 0.25) is 5.82 Å². The lowest BCUT2D eigenvalue weighted by atomic mass is 10.1. The molecule has 1 N–H and O–H groups in total. The van der Waals surface area contributed by atoms with E-state index in [0.29, 0.717) is 45.7 Å². The number of aryl methyl sites for hydroxylation is 1. The molecule has 1 aliphatic heterocycles. The molecule has 9 heteroatoms. The molecule has 8 nitrogen and oxygen atoms in total. The number of benzene rings is 2. The van der Waals surface area contributed by atoms with E-state index in [-0.39, 0.29) is 17.2 Å². The van der Waals surface area contributed by atoms with E-state index in [2.05, 4.69) is 15.2 Å². The standard InChI is InChI=1S/C27H28FN3O5/c1-17-24(27(32)30-9-3-11-31-12-14-34-15-13-31)20-6-7-23(25(28)26(20)35-17)36-22-8-10-29-21-16-18(33-2)4-5-19(21)22/h4-8,10,16H,3,9,11-15H2,1-2H3,(H,30,32). The topological polar surface area (TPSA) is 86.1 Å². The summed E-state index contributed by atoms with van der Waals surface area (Å²) < 4.78 is 37.6. The molecule has 4 aromatic rings. The molecule has 0 aliphatic carbocycles. The zero-order valence-electron chi connectivity index (χ0n) is 20.3. The number of nitrogens with zero attached hydrogens (tertiary/aromatic N) is 2. The van der Waals surface area contributed by atoms with Crippen LogP contribution in [0.3, 0.4) is 0 Å². The first-order chi connectivity index (χ1) is 17.5. The molecule has 1 amide bonds. The number of aromatic nitrogens is 1. The molecule has 0 unspecified atom stereocenters. The van der Waals surface area contributed by atoms with E-state index in [1.54, 1.807) is 44.5 Å². The number of pyridine rings is 1. The highest BCUT2D eigenvalue weighted by atomic mass is 19.1. The van der Waals surface area contributed by atoms with Crippen LogP contribution < -0.4 is 14.8 Å². The summed E-state index contributed by atoms with van der Waals surface area (Å²) in [5.41, 5.74) is 0.988. The van der Waals surface area contributed by atoms with Crippen molar-refractivity contribution in [2.24, 2.45) is 0 Å². The van der Waals surface area contributed by atoms with Gasteiger partial charge in [0.05, 0.1) is 31.4 Å². The number of nitrogens with one attached hydrogen (secondary N) is 1. The van der Waals surface area contributed by atoms with Gasteiger partial charge in [-0.05, 0) is 50.2 Å². The largest absolute Gasteiger partial charge is 0.497 e. The number of carbonyl (C=O) groups excluding carboxylic acids is 1. The summed E-state index contributed by atoms with van der Waals surface area (Å²) in [5.74, 6) is 0.515. The molecule has 0 atom stereocenters. The third kappa shape index (κ3) is 4.84. The summed E-state index contributed by atoms with van der Waals surface area (Å²) in [5, 5.41) is 4.06. The summed E-state index contributed by atoms with van der Waals surface area (Å²) >= 11 is 0. The van der Waals surface area contributed by atoms with Crippen LogP contribution >= 0.6 is 0 Å². The van der Waals surface area contributed by atoms with Gasteiger partial charge in [-0.3, -0.25) is 14.7 Å². The highest BCUT2D eigenvalue weighted by molar-refractivity contribution is 6.07. The Labute approximate surface area is 207 Å². The summed E-state index contributed by atoms with van der Waals surface area (Å²) in [6.45, 7) is 6.38. The first-order valence-electron chi connectivity index (χ1n) is 12.0. The quantitative estimate of drug-likeness (QED) is 0.357. The van der Waals surface area contributed by atoms with Gasteiger partial charge < -0.3 is 23.9 Å². The average molecular weight is 494 g/mol. The van der Waals surface area contributed by atoms with Gasteiger partial charge in [-0.1, -0.05) is 0 Å². The number of hydrogen-bond acceptors (Lipinski definition) is 7. The Morgan fingerprint density at radius 1 is 1.14 bits per heavy atom. The van der Waals surface area contributed by atoms with E-state index in [4.69, 9.17) is 18.6 Å². The fourth-order valence-corrected chi connectivity index (χ4v) is 4.44. The Bertz CT molecular complexity index is 1400. The van der Waals surface area contributed by atoms with Crippen LogP contribution in [0.15, 0.2) is 47.0 Å². The van der Waals surface area contributed by atoms with Crippen LogP contribution in [0, 0.1) is 12.7 Å². The molecule has 2 aromatic carbocycles. The summed E-state index contributed by atoms with van der Waals surface area (Å²) in [4.78, 5) is 19.5. The summed E-state index contributed by atoms with van der Waals surface area (Å²) in [6, 6.07) is 10.2. The summed E-state index contributed by atoms with van der Waals surface area (Å²) in [7, 11) is 1.58. The number of ether oxygens (including phenoxy) is 3. The molecule has 36 heavy (non-hydrogen) atoms. The number of carbonyl (C=O) groups is 1. The third-order valence-electron chi connectivity index (χ3n) is 6.34. The zero-order chi connectivity index (χ0) is 25.1. The van der Waals surface area contributed by atoms with Crippen LogP contribution in [-0.4, -0.2) is 62.3 Å². The van der Waals surface area contributed by atoms with Gasteiger partial charge in [-0.2, -0.15) is 4.39 Å². The van der Waals surface area contributed by atoms with Crippen molar-refractivity contribution in [2.45, 2.75) is 13.3 Å². The smallest absolute Gasteiger partial charge is 0.255 e. The molecule has 1 fully saturated rings. The number of amides is 1. The molecule has 1 saturated heterocycles. The molecule has 2 aromatic heterocycles. The van der Waals surface area contributed by atoms with Gasteiger partial charge in [0.25, 0.3) is 5.91 Å². The van der Waals surface area contributed by atoms with E-state index in [1.165, 1.54) is 6.07 Å². The predicted octanol–water partition coefficient (Wildman–Crippen LogP) is 4.68. The van der Waals surface area contributed by atoms with Gasteiger partial charge in [-0.15, -0.1) is 0 Å². The van der Waals surface area contributed by atoms with Crippen molar-refractivity contribution in [1.82, 2.24) is 15.2 Å².